The summed E-state index contributed by atoms with van der Waals surface area (Å²) >= 11 is 0. The molecule has 1 aromatic rings. The lowest BCUT2D eigenvalue weighted by molar-refractivity contribution is 0.100. The summed E-state index contributed by atoms with van der Waals surface area (Å²) in [6.45, 7) is 4.78. The van der Waals surface area contributed by atoms with Gasteiger partial charge in [-0.1, -0.05) is 0 Å². The summed E-state index contributed by atoms with van der Waals surface area (Å²) in [5.74, 6) is 0.939. The van der Waals surface area contributed by atoms with Gasteiger partial charge in [0.1, 0.15) is 5.82 Å². The molecule has 98 valence electrons. The van der Waals surface area contributed by atoms with Crippen molar-refractivity contribution >= 4 is 11.7 Å². The van der Waals surface area contributed by atoms with Gasteiger partial charge in [-0.3, -0.25) is 4.79 Å². The zero-order chi connectivity index (χ0) is 13.1. The van der Waals surface area contributed by atoms with E-state index in [1.54, 1.807) is 6.07 Å². The SMILES string of the molecule is CNCC1CCN(c2nc(C)ccc2C(N)=O)C1. The Morgan fingerprint density at radius 3 is 3.06 bits per heavy atom. The van der Waals surface area contributed by atoms with Crippen LogP contribution in [-0.4, -0.2) is 37.6 Å². The summed E-state index contributed by atoms with van der Waals surface area (Å²) < 4.78 is 0. The van der Waals surface area contributed by atoms with Crippen molar-refractivity contribution in [1.82, 2.24) is 10.3 Å². The first kappa shape index (κ1) is 12.8. The van der Waals surface area contributed by atoms with Crippen LogP contribution in [0.3, 0.4) is 0 Å². The van der Waals surface area contributed by atoms with Crippen LogP contribution in [0.25, 0.3) is 0 Å². The summed E-state index contributed by atoms with van der Waals surface area (Å²) in [6.07, 6.45) is 1.12. The van der Waals surface area contributed by atoms with Gasteiger partial charge in [-0.15, -0.1) is 0 Å². The van der Waals surface area contributed by atoms with Crippen LogP contribution in [0.15, 0.2) is 12.1 Å². The highest BCUT2D eigenvalue weighted by Gasteiger charge is 2.25. The number of aryl methyl sites for hydroxylation is 1. The van der Waals surface area contributed by atoms with Crippen LogP contribution in [0.1, 0.15) is 22.5 Å². The smallest absolute Gasteiger partial charge is 0.252 e. The molecule has 0 aromatic carbocycles. The summed E-state index contributed by atoms with van der Waals surface area (Å²) in [5, 5.41) is 3.19. The lowest BCUT2D eigenvalue weighted by Crippen LogP contribution is -2.27. The number of anilines is 1. The van der Waals surface area contributed by atoms with E-state index in [4.69, 9.17) is 5.73 Å². The van der Waals surface area contributed by atoms with E-state index in [0.29, 0.717) is 11.5 Å². The van der Waals surface area contributed by atoms with Crippen molar-refractivity contribution in [2.45, 2.75) is 13.3 Å². The highest BCUT2D eigenvalue weighted by molar-refractivity contribution is 5.97. The van der Waals surface area contributed by atoms with E-state index in [1.807, 2.05) is 20.0 Å². The molecule has 5 heteroatoms. The molecule has 0 bridgehead atoms. The Morgan fingerprint density at radius 1 is 1.61 bits per heavy atom. The molecular weight excluding hydrogens is 228 g/mol. The van der Waals surface area contributed by atoms with Crippen molar-refractivity contribution in [3.05, 3.63) is 23.4 Å². The maximum atomic E-state index is 11.4. The minimum Gasteiger partial charge on any atom is -0.365 e. The van der Waals surface area contributed by atoms with Crippen LogP contribution in [0.5, 0.6) is 0 Å². The van der Waals surface area contributed by atoms with Gasteiger partial charge in [0, 0.05) is 18.8 Å². The van der Waals surface area contributed by atoms with Crippen molar-refractivity contribution in [2.75, 3.05) is 31.6 Å². The Morgan fingerprint density at radius 2 is 2.39 bits per heavy atom. The first-order valence-electron chi connectivity index (χ1n) is 6.29. The molecule has 1 saturated heterocycles. The molecule has 1 fully saturated rings. The largest absolute Gasteiger partial charge is 0.365 e. The standard InChI is InChI=1S/C13H20N4O/c1-9-3-4-11(12(14)18)13(16-9)17-6-5-10(8-17)7-15-2/h3-4,10,15H,5-8H2,1-2H3,(H2,14,18). The Labute approximate surface area is 107 Å². The highest BCUT2D eigenvalue weighted by Crippen LogP contribution is 2.25. The van der Waals surface area contributed by atoms with Gasteiger partial charge >= 0.3 is 0 Å². The molecule has 1 aromatic heterocycles. The highest BCUT2D eigenvalue weighted by atomic mass is 16.1. The second-order valence-corrected chi connectivity index (χ2v) is 4.85. The molecule has 0 spiro atoms. The van der Waals surface area contributed by atoms with Gasteiger partial charge in [-0.05, 0) is 45.0 Å². The first-order valence-corrected chi connectivity index (χ1v) is 6.29. The monoisotopic (exact) mass is 248 g/mol. The predicted molar refractivity (Wildman–Crippen MR) is 71.7 cm³/mol. The molecule has 1 atom stereocenters. The average molecular weight is 248 g/mol. The van der Waals surface area contributed by atoms with E-state index < -0.39 is 5.91 Å². The van der Waals surface area contributed by atoms with Crippen molar-refractivity contribution in [1.29, 1.82) is 0 Å². The molecule has 2 rings (SSSR count). The molecule has 1 amide bonds. The molecule has 1 unspecified atom stereocenters. The number of hydrogen-bond acceptors (Lipinski definition) is 4. The number of aromatic nitrogens is 1. The third-order valence-electron chi connectivity index (χ3n) is 3.36. The fraction of sp³-hybridized carbons (Fsp3) is 0.538. The molecular formula is C13H20N4O. The summed E-state index contributed by atoms with van der Waals surface area (Å²) in [5.41, 5.74) is 6.84. The van der Waals surface area contributed by atoms with Gasteiger partial charge < -0.3 is 16.0 Å². The fourth-order valence-corrected chi connectivity index (χ4v) is 2.46. The second kappa shape index (κ2) is 5.35. The van der Waals surface area contributed by atoms with Crippen LogP contribution in [0, 0.1) is 12.8 Å². The van der Waals surface area contributed by atoms with E-state index in [9.17, 15) is 4.79 Å². The number of pyridine rings is 1. The number of nitrogens with one attached hydrogen (secondary N) is 1. The van der Waals surface area contributed by atoms with Gasteiger partial charge in [0.2, 0.25) is 0 Å². The van der Waals surface area contributed by atoms with E-state index >= 15 is 0 Å². The lowest BCUT2D eigenvalue weighted by Gasteiger charge is -2.20. The second-order valence-electron chi connectivity index (χ2n) is 4.85. The van der Waals surface area contributed by atoms with Gasteiger partial charge in [-0.25, -0.2) is 4.98 Å². The number of rotatable bonds is 4. The third-order valence-corrected chi connectivity index (χ3v) is 3.36. The van der Waals surface area contributed by atoms with Crippen molar-refractivity contribution < 1.29 is 4.79 Å². The van der Waals surface area contributed by atoms with Crippen LogP contribution in [-0.2, 0) is 0 Å². The molecule has 1 aliphatic rings. The number of primary amides is 1. The van der Waals surface area contributed by atoms with E-state index in [0.717, 1.165) is 37.6 Å². The Kier molecular flexibility index (Phi) is 3.81. The molecule has 0 saturated carbocycles. The number of nitrogens with zero attached hydrogens (tertiary/aromatic N) is 2. The summed E-state index contributed by atoms with van der Waals surface area (Å²) in [7, 11) is 1.96. The third kappa shape index (κ3) is 2.61. The Bertz CT molecular complexity index is 447. The number of carbonyl (C=O) groups excluding carboxylic acids is 1. The fourth-order valence-electron chi connectivity index (χ4n) is 2.46. The average Bonchev–Trinajstić information content (AvgIpc) is 2.77. The van der Waals surface area contributed by atoms with Crippen LogP contribution in [0.2, 0.25) is 0 Å². The van der Waals surface area contributed by atoms with Gasteiger partial charge in [0.25, 0.3) is 5.91 Å². The number of hydrogen-bond donors (Lipinski definition) is 2. The maximum Gasteiger partial charge on any atom is 0.252 e. The van der Waals surface area contributed by atoms with Crippen molar-refractivity contribution in [2.24, 2.45) is 11.7 Å². The maximum absolute atomic E-state index is 11.4. The summed E-state index contributed by atoms with van der Waals surface area (Å²) in [6, 6.07) is 3.59. The van der Waals surface area contributed by atoms with Gasteiger partial charge in [0.15, 0.2) is 0 Å². The van der Waals surface area contributed by atoms with E-state index in [1.165, 1.54) is 0 Å². The Balaban J connectivity index is 2.23. The van der Waals surface area contributed by atoms with Gasteiger partial charge in [0.05, 0.1) is 5.56 Å². The summed E-state index contributed by atoms with van der Waals surface area (Å²) in [4.78, 5) is 18.1. The molecule has 18 heavy (non-hydrogen) atoms. The molecule has 0 aliphatic carbocycles. The molecule has 1 aliphatic heterocycles. The van der Waals surface area contributed by atoms with Crippen molar-refractivity contribution in [3.63, 3.8) is 0 Å². The minimum absolute atomic E-state index is 0.408. The van der Waals surface area contributed by atoms with Crippen LogP contribution < -0.4 is 16.0 Å². The number of amides is 1. The van der Waals surface area contributed by atoms with Gasteiger partial charge in [-0.2, -0.15) is 0 Å². The van der Waals surface area contributed by atoms with E-state index in [2.05, 4.69) is 15.2 Å². The van der Waals surface area contributed by atoms with E-state index in [-0.39, 0.29) is 0 Å². The van der Waals surface area contributed by atoms with Crippen LogP contribution in [0.4, 0.5) is 5.82 Å². The zero-order valence-corrected chi connectivity index (χ0v) is 10.9. The molecule has 0 radical (unpaired) electrons. The first-order chi connectivity index (χ1) is 8.61. The van der Waals surface area contributed by atoms with Crippen molar-refractivity contribution in [3.8, 4) is 0 Å². The number of carbonyl (C=O) groups is 1. The Hall–Kier alpha value is -1.62. The number of nitrogens with two attached hydrogens (primary N) is 1. The zero-order valence-electron chi connectivity index (χ0n) is 10.9. The lowest BCUT2D eigenvalue weighted by atomic mass is 10.1. The minimum atomic E-state index is -0.408. The topological polar surface area (TPSA) is 71.2 Å². The molecule has 3 N–H and O–H groups in total. The predicted octanol–water partition coefficient (Wildman–Crippen LogP) is 0.535. The molecule has 5 nitrogen and oxygen atoms in total. The van der Waals surface area contributed by atoms with Crippen LogP contribution >= 0.6 is 0 Å². The normalized spacial score (nSPS) is 19.2. The quantitative estimate of drug-likeness (QED) is 0.815. The molecule has 2 heterocycles.